The van der Waals surface area contributed by atoms with Crippen LogP contribution in [0.2, 0.25) is 0 Å². The Bertz CT molecular complexity index is 282. The van der Waals surface area contributed by atoms with Crippen molar-refractivity contribution in [2.24, 2.45) is 5.41 Å². The van der Waals surface area contributed by atoms with Gasteiger partial charge in [-0.1, -0.05) is 0 Å². The topological polar surface area (TPSA) is 50.8 Å². The molecule has 0 radical (unpaired) electrons. The van der Waals surface area contributed by atoms with Gasteiger partial charge in [-0.2, -0.15) is 10.5 Å². The summed E-state index contributed by atoms with van der Waals surface area (Å²) in [4.78, 5) is 2.24. The number of hydrogen-bond donors (Lipinski definition) is 0. The Balaban J connectivity index is 2.27. The van der Waals surface area contributed by atoms with Crippen LogP contribution in [0, 0.1) is 28.1 Å². The van der Waals surface area contributed by atoms with Crippen LogP contribution in [-0.4, -0.2) is 24.0 Å². The minimum absolute atomic E-state index is 0.121. The summed E-state index contributed by atoms with van der Waals surface area (Å²) in [5.41, 5.74) is -0.220. The molecule has 3 heteroatoms. The first-order valence-electron chi connectivity index (χ1n) is 5.64. The first kappa shape index (κ1) is 12.0. The Morgan fingerprint density at radius 3 is 2.73 bits per heavy atom. The van der Waals surface area contributed by atoms with Crippen LogP contribution in [0.4, 0.5) is 0 Å². The van der Waals surface area contributed by atoms with Crippen LogP contribution in [0.1, 0.15) is 39.5 Å². The Hall–Kier alpha value is -1.06. The number of likely N-dealkylation sites (tertiary alicyclic amines) is 1. The van der Waals surface area contributed by atoms with Crippen molar-refractivity contribution in [1.82, 2.24) is 4.90 Å². The van der Waals surface area contributed by atoms with E-state index < -0.39 is 0 Å². The Labute approximate surface area is 92.3 Å². The molecule has 1 atom stereocenters. The van der Waals surface area contributed by atoms with E-state index in [4.69, 9.17) is 10.5 Å². The minimum Gasteiger partial charge on any atom is -0.288 e. The standard InChI is InChI=1S/C12H19N3/c1-12(2,10-14)6-4-8-15-7-3-5-11(15)9-13/h11H,3-8H2,1-2H3. The number of nitrogens with zero attached hydrogens (tertiary/aromatic N) is 3. The summed E-state index contributed by atoms with van der Waals surface area (Å²) >= 11 is 0. The maximum Gasteiger partial charge on any atom is 0.0978 e. The summed E-state index contributed by atoms with van der Waals surface area (Å²) in [6.45, 7) is 5.95. The summed E-state index contributed by atoms with van der Waals surface area (Å²) in [5.74, 6) is 0. The Morgan fingerprint density at radius 2 is 2.13 bits per heavy atom. The summed E-state index contributed by atoms with van der Waals surface area (Å²) in [6.07, 6.45) is 4.08. The third-order valence-corrected chi connectivity index (χ3v) is 3.06. The van der Waals surface area contributed by atoms with Crippen LogP contribution >= 0.6 is 0 Å². The monoisotopic (exact) mass is 205 g/mol. The lowest BCUT2D eigenvalue weighted by molar-refractivity contribution is 0.272. The molecule has 0 bridgehead atoms. The molecule has 1 unspecified atom stereocenters. The minimum atomic E-state index is -0.220. The van der Waals surface area contributed by atoms with E-state index in [2.05, 4.69) is 17.0 Å². The molecule has 0 aromatic rings. The quantitative estimate of drug-likeness (QED) is 0.707. The highest BCUT2D eigenvalue weighted by molar-refractivity contribution is 4.96. The van der Waals surface area contributed by atoms with Gasteiger partial charge in [0.05, 0.1) is 23.6 Å². The Kier molecular flexibility index (Phi) is 4.12. The van der Waals surface area contributed by atoms with E-state index in [1.807, 2.05) is 13.8 Å². The summed E-state index contributed by atoms with van der Waals surface area (Å²) in [6, 6.07) is 4.77. The van der Waals surface area contributed by atoms with Crippen molar-refractivity contribution >= 4 is 0 Å². The molecule has 0 spiro atoms. The molecule has 0 aliphatic carbocycles. The highest BCUT2D eigenvalue weighted by Gasteiger charge is 2.24. The lowest BCUT2D eigenvalue weighted by Crippen LogP contribution is -2.29. The van der Waals surface area contributed by atoms with Crippen molar-refractivity contribution in [2.45, 2.75) is 45.6 Å². The maximum absolute atomic E-state index is 8.90. The molecule has 0 aromatic heterocycles. The number of nitriles is 2. The molecular weight excluding hydrogens is 186 g/mol. The maximum atomic E-state index is 8.90. The molecule has 1 saturated heterocycles. The molecule has 1 fully saturated rings. The van der Waals surface area contributed by atoms with Gasteiger partial charge < -0.3 is 0 Å². The van der Waals surface area contributed by atoms with E-state index in [0.717, 1.165) is 38.8 Å². The second-order valence-electron chi connectivity index (χ2n) is 4.92. The molecule has 1 aliphatic rings. The number of hydrogen-bond acceptors (Lipinski definition) is 3. The van der Waals surface area contributed by atoms with Crippen LogP contribution < -0.4 is 0 Å². The molecule has 1 aliphatic heterocycles. The van der Waals surface area contributed by atoms with E-state index in [9.17, 15) is 0 Å². The third-order valence-electron chi connectivity index (χ3n) is 3.06. The van der Waals surface area contributed by atoms with Gasteiger partial charge in [-0.3, -0.25) is 4.90 Å². The second kappa shape index (κ2) is 5.14. The van der Waals surface area contributed by atoms with Gasteiger partial charge in [-0.05, 0) is 52.6 Å². The first-order chi connectivity index (χ1) is 7.09. The van der Waals surface area contributed by atoms with Crippen LogP contribution in [0.3, 0.4) is 0 Å². The van der Waals surface area contributed by atoms with E-state index in [-0.39, 0.29) is 11.5 Å². The fraction of sp³-hybridized carbons (Fsp3) is 0.833. The molecule has 1 rings (SSSR count). The van der Waals surface area contributed by atoms with Crippen LogP contribution in [0.25, 0.3) is 0 Å². The SMILES string of the molecule is CC(C)(C#N)CCCN1CCCC1C#N. The number of rotatable bonds is 4. The van der Waals surface area contributed by atoms with Crippen molar-refractivity contribution in [2.75, 3.05) is 13.1 Å². The lowest BCUT2D eigenvalue weighted by atomic mass is 9.90. The third kappa shape index (κ3) is 3.53. The highest BCUT2D eigenvalue weighted by Crippen LogP contribution is 2.23. The molecule has 0 amide bonds. The van der Waals surface area contributed by atoms with Gasteiger partial charge in [0.2, 0.25) is 0 Å². The summed E-state index contributed by atoms with van der Waals surface area (Å²) in [5, 5.41) is 17.8. The fourth-order valence-electron chi connectivity index (χ4n) is 2.02. The van der Waals surface area contributed by atoms with E-state index in [1.54, 1.807) is 0 Å². The predicted molar refractivity (Wildman–Crippen MR) is 58.8 cm³/mol. The molecule has 3 nitrogen and oxygen atoms in total. The van der Waals surface area contributed by atoms with Crippen molar-refractivity contribution < 1.29 is 0 Å². The van der Waals surface area contributed by atoms with Crippen LogP contribution in [0.5, 0.6) is 0 Å². The molecule has 0 N–H and O–H groups in total. The second-order valence-corrected chi connectivity index (χ2v) is 4.92. The van der Waals surface area contributed by atoms with Gasteiger partial charge in [0.15, 0.2) is 0 Å². The van der Waals surface area contributed by atoms with Gasteiger partial charge in [-0.25, -0.2) is 0 Å². The van der Waals surface area contributed by atoms with Gasteiger partial charge in [0.1, 0.15) is 0 Å². The molecule has 82 valence electrons. The zero-order valence-electron chi connectivity index (χ0n) is 9.66. The van der Waals surface area contributed by atoms with Crippen LogP contribution in [0.15, 0.2) is 0 Å². The largest absolute Gasteiger partial charge is 0.288 e. The summed E-state index contributed by atoms with van der Waals surface area (Å²) in [7, 11) is 0. The zero-order valence-corrected chi connectivity index (χ0v) is 9.66. The molecule has 15 heavy (non-hydrogen) atoms. The average Bonchev–Trinajstić information content (AvgIpc) is 2.65. The average molecular weight is 205 g/mol. The van der Waals surface area contributed by atoms with E-state index in [1.165, 1.54) is 0 Å². The van der Waals surface area contributed by atoms with E-state index >= 15 is 0 Å². The molecule has 0 aromatic carbocycles. The highest BCUT2D eigenvalue weighted by atomic mass is 15.2. The molecule has 0 saturated carbocycles. The van der Waals surface area contributed by atoms with Gasteiger partial charge in [0.25, 0.3) is 0 Å². The van der Waals surface area contributed by atoms with Crippen molar-refractivity contribution in [3.05, 3.63) is 0 Å². The van der Waals surface area contributed by atoms with Crippen molar-refractivity contribution in [1.29, 1.82) is 10.5 Å². The smallest absolute Gasteiger partial charge is 0.0978 e. The molecule has 1 heterocycles. The lowest BCUT2D eigenvalue weighted by Gasteiger charge is -2.21. The van der Waals surface area contributed by atoms with Gasteiger partial charge in [0, 0.05) is 0 Å². The summed E-state index contributed by atoms with van der Waals surface area (Å²) < 4.78 is 0. The molecular formula is C12H19N3. The zero-order chi connectivity index (χ0) is 11.3. The first-order valence-corrected chi connectivity index (χ1v) is 5.64. The van der Waals surface area contributed by atoms with Crippen LogP contribution in [-0.2, 0) is 0 Å². The van der Waals surface area contributed by atoms with E-state index in [0.29, 0.717) is 0 Å². The van der Waals surface area contributed by atoms with Crippen molar-refractivity contribution in [3.63, 3.8) is 0 Å². The van der Waals surface area contributed by atoms with Gasteiger partial charge >= 0.3 is 0 Å². The normalized spacial score (nSPS) is 22.3. The fourth-order valence-corrected chi connectivity index (χ4v) is 2.02. The van der Waals surface area contributed by atoms with Gasteiger partial charge in [-0.15, -0.1) is 0 Å². The Morgan fingerprint density at radius 1 is 1.40 bits per heavy atom. The van der Waals surface area contributed by atoms with Crippen molar-refractivity contribution in [3.8, 4) is 12.1 Å². The predicted octanol–water partition coefficient (Wildman–Crippen LogP) is 2.30.